The molecular formula is C23H27BrN2O3. The quantitative estimate of drug-likeness (QED) is 0.671. The first kappa shape index (κ1) is 21.4. The molecule has 0 bridgehead atoms. The maximum absolute atomic E-state index is 12.6. The molecule has 1 aliphatic rings. The molecule has 0 aromatic heterocycles. The second kappa shape index (κ2) is 9.44. The van der Waals surface area contributed by atoms with E-state index in [-0.39, 0.29) is 30.5 Å². The maximum Gasteiger partial charge on any atom is 0.260 e. The summed E-state index contributed by atoms with van der Waals surface area (Å²) in [6.45, 7) is 6.14. The second-order valence-corrected chi connectivity index (χ2v) is 8.57. The van der Waals surface area contributed by atoms with Crippen LogP contribution in [0.5, 0.6) is 5.75 Å². The first-order valence-electron chi connectivity index (χ1n) is 9.96. The minimum atomic E-state index is -0.190. The Bertz CT molecular complexity index is 872. The number of nitrogens with zero attached hydrogens (tertiary/aromatic N) is 1. The zero-order valence-electron chi connectivity index (χ0n) is 17.1. The number of amides is 2. The SMILES string of the molecule is Cc1ccc(Br)cc1NC(=O)c1ccc(OCC(=O)N2C(C)CCCC2C)cc1. The van der Waals surface area contributed by atoms with Gasteiger partial charge in [0, 0.05) is 27.8 Å². The lowest BCUT2D eigenvalue weighted by molar-refractivity contribution is -0.139. The first-order chi connectivity index (χ1) is 13.8. The fourth-order valence-electron chi connectivity index (χ4n) is 3.76. The summed E-state index contributed by atoms with van der Waals surface area (Å²) in [5, 5.41) is 2.92. The molecule has 1 heterocycles. The van der Waals surface area contributed by atoms with Gasteiger partial charge in [-0.05, 0) is 82.0 Å². The molecule has 2 aromatic carbocycles. The Balaban J connectivity index is 1.57. The van der Waals surface area contributed by atoms with Crippen LogP contribution >= 0.6 is 15.9 Å². The average Bonchev–Trinajstić information content (AvgIpc) is 2.69. The van der Waals surface area contributed by atoms with Crippen molar-refractivity contribution in [1.82, 2.24) is 4.90 Å². The fraction of sp³-hybridized carbons (Fsp3) is 0.391. The summed E-state index contributed by atoms with van der Waals surface area (Å²) in [7, 11) is 0. The average molecular weight is 459 g/mol. The number of anilines is 1. The van der Waals surface area contributed by atoms with Crippen molar-refractivity contribution in [1.29, 1.82) is 0 Å². The number of ether oxygens (including phenoxy) is 1. The van der Waals surface area contributed by atoms with Crippen molar-refractivity contribution in [2.24, 2.45) is 0 Å². The molecule has 6 heteroatoms. The van der Waals surface area contributed by atoms with Gasteiger partial charge in [-0.2, -0.15) is 0 Å². The Kier molecular flexibility index (Phi) is 6.96. The van der Waals surface area contributed by atoms with Crippen molar-refractivity contribution in [2.45, 2.75) is 52.1 Å². The maximum atomic E-state index is 12.6. The Morgan fingerprint density at radius 1 is 1.10 bits per heavy atom. The number of halogens is 1. The minimum Gasteiger partial charge on any atom is -0.484 e. The predicted octanol–water partition coefficient (Wildman–Crippen LogP) is 5.18. The van der Waals surface area contributed by atoms with Crippen LogP contribution in [0.15, 0.2) is 46.9 Å². The number of benzene rings is 2. The van der Waals surface area contributed by atoms with Gasteiger partial charge in [-0.3, -0.25) is 9.59 Å². The highest BCUT2D eigenvalue weighted by atomic mass is 79.9. The summed E-state index contributed by atoms with van der Waals surface area (Å²) in [4.78, 5) is 27.0. The molecule has 1 fully saturated rings. The van der Waals surface area contributed by atoms with Crippen LogP contribution in [0.4, 0.5) is 5.69 Å². The van der Waals surface area contributed by atoms with Crippen LogP contribution in [0.25, 0.3) is 0 Å². The number of piperidine rings is 1. The van der Waals surface area contributed by atoms with E-state index in [2.05, 4.69) is 35.1 Å². The van der Waals surface area contributed by atoms with E-state index in [0.29, 0.717) is 11.3 Å². The zero-order valence-corrected chi connectivity index (χ0v) is 18.7. The molecule has 2 amide bonds. The normalized spacial score (nSPS) is 19.0. The van der Waals surface area contributed by atoms with E-state index in [1.165, 1.54) is 0 Å². The minimum absolute atomic E-state index is 0.0108. The highest BCUT2D eigenvalue weighted by Crippen LogP contribution is 2.24. The lowest BCUT2D eigenvalue weighted by Gasteiger charge is -2.38. The summed E-state index contributed by atoms with van der Waals surface area (Å²) in [6, 6.07) is 13.1. The second-order valence-electron chi connectivity index (χ2n) is 7.66. The molecule has 0 saturated carbocycles. The molecule has 1 N–H and O–H groups in total. The third-order valence-electron chi connectivity index (χ3n) is 5.41. The fourth-order valence-corrected chi connectivity index (χ4v) is 4.12. The number of likely N-dealkylation sites (tertiary alicyclic amines) is 1. The number of aryl methyl sites for hydroxylation is 1. The Morgan fingerprint density at radius 2 is 1.76 bits per heavy atom. The number of nitrogens with one attached hydrogen (secondary N) is 1. The van der Waals surface area contributed by atoms with Gasteiger partial charge in [-0.1, -0.05) is 22.0 Å². The van der Waals surface area contributed by atoms with Crippen LogP contribution in [0.1, 0.15) is 49.0 Å². The summed E-state index contributed by atoms with van der Waals surface area (Å²) >= 11 is 3.42. The number of hydrogen-bond donors (Lipinski definition) is 1. The van der Waals surface area contributed by atoms with Crippen molar-refractivity contribution in [3.05, 3.63) is 58.1 Å². The third kappa shape index (κ3) is 5.38. The van der Waals surface area contributed by atoms with Crippen molar-refractivity contribution in [3.63, 3.8) is 0 Å². The number of carbonyl (C=O) groups is 2. The summed E-state index contributed by atoms with van der Waals surface area (Å²) in [6.07, 6.45) is 3.24. The standard InChI is InChI=1S/C23H27BrN2O3/c1-15-7-10-19(24)13-21(15)25-23(28)18-8-11-20(12-9-18)29-14-22(27)26-16(2)5-4-6-17(26)3/h7-13,16-17H,4-6,14H2,1-3H3,(H,25,28). The molecule has 5 nitrogen and oxygen atoms in total. The molecule has 2 aromatic rings. The van der Waals surface area contributed by atoms with Crippen LogP contribution in [-0.2, 0) is 4.79 Å². The van der Waals surface area contributed by atoms with Gasteiger partial charge in [0.25, 0.3) is 11.8 Å². The van der Waals surface area contributed by atoms with Crippen LogP contribution in [0.2, 0.25) is 0 Å². The van der Waals surface area contributed by atoms with Crippen LogP contribution in [0.3, 0.4) is 0 Å². The lowest BCUT2D eigenvalue weighted by Crippen LogP contribution is -2.49. The van der Waals surface area contributed by atoms with Crippen molar-refractivity contribution >= 4 is 33.4 Å². The van der Waals surface area contributed by atoms with E-state index >= 15 is 0 Å². The molecule has 0 spiro atoms. The topological polar surface area (TPSA) is 58.6 Å². The van der Waals surface area contributed by atoms with E-state index in [1.54, 1.807) is 24.3 Å². The molecule has 2 atom stereocenters. The molecule has 3 rings (SSSR count). The van der Waals surface area contributed by atoms with Crippen LogP contribution in [0, 0.1) is 6.92 Å². The van der Waals surface area contributed by atoms with E-state index in [1.807, 2.05) is 30.0 Å². The first-order valence-corrected chi connectivity index (χ1v) is 10.8. The highest BCUT2D eigenvalue weighted by Gasteiger charge is 2.28. The monoisotopic (exact) mass is 458 g/mol. The van der Waals surface area contributed by atoms with Crippen molar-refractivity contribution < 1.29 is 14.3 Å². The number of hydrogen-bond acceptors (Lipinski definition) is 3. The molecular weight excluding hydrogens is 432 g/mol. The highest BCUT2D eigenvalue weighted by molar-refractivity contribution is 9.10. The van der Waals surface area contributed by atoms with Crippen LogP contribution < -0.4 is 10.1 Å². The van der Waals surface area contributed by atoms with Gasteiger partial charge in [-0.15, -0.1) is 0 Å². The van der Waals surface area contributed by atoms with E-state index in [4.69, 9.17) is 4.74 Å². The Morgan fingerprint density at radius 3 is 2.41 bits per heavy atom. The smallest absolute Gasteiger partial charge is 0.260 e. The summed E-state index contributed by atoms with van der Waals surface area (Å²) in [5.41, 5.74) is 2.28. The molecule has 0 aliphatic carbocycles. The van der Waals surface area contributed by atoms with Gasteiger partial charge >= 0.3 is 0 Å². The zero-order chi connectivity index (χ0) is 21.0. The predicted molar refractivity (Wildman–Crippen MR) is 118 cm³/mol. The summed E-state index contributed by atoms with van der Waals surface area (Å²) < 4.78 is 6.58. The molecule has 1 aliphatic heterocycles. The molecule has 2 unspecified atom stereocenters. The molecule has 29 heavy (non-hydrogen) atoms. The van der Waals surface area contributed by atoms with E-state index < -0.39 is 0 Å². The lowest BCUT2D eigenvalue weighted by atomic mass is 9.97. The van der Waals surface area contributed by atoms with E-state index in [0.717, 1.165) is 35.0 Å². The van der Waals surface area contributed by atoms with Gasteiger partial charge in [0.2, 0.25) is 0 Å². The molecule has 1 saturated heterocycles. The molecule has 154 valence electrons. The van der Waals surface area contributed by atoms with Gasteiger partial charge in [0.15, 0.2) is 6.61 Å². The largest absolute Gasteiger partial charge is 0.484 e. The number of rotatable bonds is 5. The van der Waals surface area contributed by atoms with Gasteiger partial charge in [0.1, 0.15) is 5.75 Å². The number of carbonyl (C=O) groups excluding carboxylic acids is 2. The van der Waals surface area contributed by atoms with Gasteiger partial charge in [-0.25, -0.2) is 0 Å². The summed E-state index contributed by atoms with van der Waals surface area (Å²) in [5.74, 6) is 0.396. The Hall–Kier alpha value is -2.34. The van der Waals surface area contributed by atoms with E-state index in [9.17, 15) is 9.59 Å². The van der Waals surface area contributed by atoms with Crippen LogP contribution in [-0.4, -0.2) is 35.4 Å². The third-order valence-corrected chi connectivity index (χ3v) is 5.90. The van der Waals surface area contributed by atoms with Crippen molar-refractivity contribution in [3.8, 4) is 5.75 Å². The Labute approximate surface area is 180 Å². The van der Waals surface area contributed by atoms with Crippen molar-refractivity contribution in [2.75, 3.05) is 11.9 Å². The molecule has 0 radical (unpaired) electrons. The van der Waals surface area contributed by atoms with Gasteiger partial charge < -0.3 is 15.0 Å². The van der Waals surface area contributed by atoms with Gasteiger partial charge in [0.05, 0.1) is 0 Å².